The maximum absolute atomic E-state index is 14.7. The number of likely N-dealkylation sites (N-methyl/N-ethyl adjacent to an activating group) is 1. The molecule has 1 atom stereocenters. The fourth-order valence-electron chi connectivity index (χ4n) is 6.01. The zero-order valence-corrected chi connectivity index (χ0v) is 26.6. The average molecular weight is 631 g/mol. The Bertz CT molecular complexity index is 1550. The van der Waals surface area contributed by atoms with E-state index in [1.165, 1.54) is 36.4 Å². The molecular formula is C33H40ClFN2O5S. The number of aliphatic hydroxyl groups is 1. The highest BCUT2D eigenvalue weighted by molar-refractivity contribution is 7.89. The molecule has 0 saturated carbocycles. The van der Waals surface area contributed by atoms with E-state index in [0.29, 0.717) is 22.6 Å². The van der Waals surface area contributed by atoms with E-state index in [4.69, 9.17) is 16.7 Å². The van der Waals surface area contributed by atoms with Crippen molar-refractivity contribution in [1.82, 2.24) is 9.62 Å². The smallest absolute Gasteiger partial charge is 0.303 e. The van der Waals surface area contributed by atoms with Gasteiger partial charge in [-0.2, -0.15) is 4.31 Å². The fraction of sp³-hybridized carbons (Fsp3) is 0.424. The summed E-state index contributed by atoms with van der Waals surface area (Å²) >= 11 is 6.50. The minimum atomic E-state index is -4.08. The van der Waals surface area contributed by atoms with Crippen molar-refractivity contribution < 1.29 is 27.8 Å². The number of aliphatic carboxylic acids is 1. The van der Waals surface area contributed by atoms with Crippen LogP contribution in [0.4, 0.5) is 4.39 Å². The predicted octanol–water partition coefficient (Wildman–Crippen LogP) is 5.63. The molecule has 0 saturated heterocycles. The van der Waals surface area contributed by atoms with Crippen LogP contribution in [0.3, 0.4) is 0 Å². The molecule has 0 aliphatic heterocycles. The maximum Gasteiger partial charge on any atom is 0.303 e. The summed E-state index contributed by atoms with van der Waals surface area (Å²) in [7, 11) is -2.68. The molecule has 0 amide bonds. The number of benzene rings is 3. The minimum absolute atomic E-state index is 0.0662. The second-order valence-electron chi connectivity index (χ2n) is 12.3. The molecule has 232 valence electrons. The topological polar surface area (TPSA) is 107 Å². The molecule has 0 heterocycles. The fourth-order valence-corrected chi connectivity index (χ4v) is 8.02. The number of halogens is 2. The van der Waals surface area contributed by atoms with Crippen molar-refractivity contribution in [2.45, 2.75) is 69.4 Å². The van der Waals surface area contributed by atoms with Crippen LogP contribution in [0.2, 0.25) is 5.02 Å². The third-order valence-electron chi connectivity index (χ3n) is 8.09. The van der Waals surface area contributed by atoms with Crippen molar-refractivity contribution in [2.24, 2.45) is 5.92 Å². The van der Waals surface area contributed by atoms with Crippen LogP contribution < -0.4 is 5.32 Å². The number of nitrogens with zero attached hydrogens (tertiary/aromatic N) is 1. The first kappa shape index (κ1) is 33.1. The molecule has 43 heavy (non-hydrogen) atoms. The third-order valence-corrected chi connectivity index (χ3v) is 10.5. The Morgan fingerprint density at radius 1 is 1.14 bits per heavy atom. The van der Waals surface area contributed by atoms with Crippen LogP contribution >= 0.6 is 11.6 Å². The number of β-amino-alcohol motifs (C(OH)–C–C–N with tert-alkyl or cyclic N) is 1. The summed E-state index contributed by atoms with van der Waals surface area (Å²) in [5.74, 6) is -0.976. The van der Waals surface area contributed by atoms with Gasteiger partial charge in [-0.05, 0) is 104 Å². The summed E-state index contributed by atoms with van der Waals surface area (Å²) in [5.41, 5.74) is 4.10. The summed E-state index contributed by atoms with van der Waals surface area (Å²) in [6, 6.07) is 15.8. The highest BCUT2D eigenvalue weighted by Gasteiger charge is 2.31. The summed E-state index contributed by atoms with van der Waals surface area (Å²) < 4.78 is 42.9. The minimum Gasteiger partial charge on any atom is -0.481 e. The number of fused-ring (bicyclic) bond motifs is 1. The van der Waals surface area contributed by atoms with Gasteiger partial charge in [-0.15, -0.1) is 0 Å². The predicted molar refractivity (Wildman–Crippen MR) is 167 cm³/mol. The van der Waals surface area contributed by atoms with E-state index in [2.05, 4.69) is 43.4 Å². The maximum atomic E-state index is 14.7. The van der Waals surface area contributed by atoms with Crippen molar-refractivity contribution in [3.63, 3.8) is 0 Å². The molecule has 7 nitrogen and oxygen atoms in total. The molecule has 0 radical (unpaired) electrons. The van der Waals surface area contributed by atoms with Gasteiger partial charge in [0, 0.05) is 37.7 Å². The van der Waals surface area contributed by atoms with Gasteiger partial charge in [0.15, 0.2) is 0 Å². The zero-order chi connectivity index (χ0) is 31.5. The van der Waals surface area contributed by atoms with Crippen LogP contribution in [0.25, 0.3) is 11.1 Å². The SMILES string of the molecule is Cc1cc(-c2cc(CCC(=O)O)ccc2F)cc(Cl)c1S(=O)(=O)N(C)C[C@@H](O)CNC(C)(C)CC1Cc2ccccc2C1. The van der Waals surface area contributed by atoms with Gasteiger partial charge in [0.25, 0.3) is 0 Å². The van der Waals surface area contributed by atoms with E-state index >= 15 is 0 Å². The van der Waals surface area contributed by atoms with Gasteiger partial charge in [0.1, 0.15) is 10.7 Å². The lowest BCUT2D eigenvalue weighted by atomic mass is 9.88. The Morgan fingerprint density at radius 2 is 1.79 bits per heavy atom. The molecule has 1 aliphatic carbocycles. The number of hydrogen-bond donors (Lipinski definition) is 3. The Kier molecular flexibility index (Phi) is 10.3. The summed E-state index contributed by atoms with van der Waals surface area (Å²) in [6.45, 7) is 5.86. The van der Waals surface area contributed by atoms with Crippen LogP contribution in [0.1, 0.15) is 48.9 Å². The van der Waals surface area contributed by atoms with E-state index < -0.39 is 27.9 Å². The zero-order valence-electron chi connectivity index (χ0n) is 25.0. The molecule has 10 heteroatoms. The van der Waals surface area contributed by atoms with Crippen LogP contribution in [0, 0.1) is 18.7 Å². The molecule has 0 spiro atoms. The number of sulfonamides is 1. The molecule has 3 aromatic rings. The number of nitrogens with one attached hydrogen (secondary N) is 1. The molecule has 0 aromatic heterocycles. The molecule has 0 fully saturated rings. The number of carbonyl (C=O) groups is 1. The number of carboxylic acids is 1. The van der Waals surface area contributed by atoms with Gasteiger partial charge in [-0.25, -0.2) is 12.8 Å². The Labute approximate surface area is 258 Å². The number of carboxylic acid groups (broad SMARTS) is 1. The first-order chi connectivity index (χ1) is 20.2. The molecule has 0 unspecified atom stereocenters. The van der Waals surface area contributed by atoms with Crippen LogP contribution in [0.15, 0.2) is 59.5 Å². The van der Waals surface area contributed by atoms with Gasteiger partial charge in [-0.1, -0.05) is 41.9 Å². The molecular weight excluding hydrogens is 591 g/mol. The monoisotopic (exact) mass is 630 g/mol. The van der Waals surface area contributed by atoms with Gasteiger partial charge in [0.2, 0.25) is 10.0 Å². The molecule has 3 N–H and O–H groups in total. The lowest BCUT2D eigenvalue weighted by molar-refractivity contribution is -0.136. The Hall–Kier alpha value is -2.82. The number of aryl methyl sites for hydroxylation is 2. The van der Waals surface area contributed by atoms with E-state index in [9.17, 15) is 22.7 Å². The third kappa shape index (κ3) is 8.22. The van der Waals surface area contributed by atoms with Gasteiger partial charge < -0.3 is 15.5 Å². The summed E-state index contributed by atoms with van der Waals surface area (Å²) in [6.07, 6.45) is 2.17. The van der Waals surface area contributed by atoms with E-state index in [1.54, 1.807) is 19.1 Å². The van der Waals surface area contributed by atoms with Gasteiger partial charge >= 0.3 is 5.97 Å². The summed E-state index contributed by atoms with van der Waals surface area (Å²) in [5, 5.41) is 23.1. The standard InChI is InChI=1S/C33H40ClFN2O5S/c1-21-13-26(28-16-22(9-11-30(28)35)10-12-31(39)40)17-29(34)32(21)43(41,42)37(4)20-27(38)19-36-33(2,3)18-23-14-24-7-5-6-8-25(24)15-23/h5-9,11,13,16-17,23,27,36,38H,10,12,14-15,18-20H2,1-4H3,(H,39,40)/t27-/m0/s1. The summed E-state index contributed by atoms with van der Waals surface area (Å²) in [4.78, 5) is 10.8. The molecule has 0 bridgehead atoms. The van der Waals surface area contributed by atoms with Gasteiger partial charge in [0.05, 0.1) is 11.1 Å². The van der Waals surface area contributed by atoms with Crippen molar-refractivity contribution in [3.05, 3.63) is 87.7 Å². The number of rotatable bonds is 13. The van der Waals surface area contributed by atoms with E-state index in [1.807, 2.05) is 0 Å². The van der Waals surface area contributed by atoms with E-state index in [0.717, 1.165) is 23.6 Å². The van der Waals surface area contributed by atoms with Crippen molar-refractivity contribution >= 4 is 27.6 Å². The van der Waals surface area contributed by atoms with Gasteiger partial charge in [-0.3, -0.25) is 4.79 Å². The lowest BCUT2D eigenvalue weighted by Gasteiger charge is -2.31. The van der Waals surface area contributed by atoms with Crippen molar-refractivity contribution in [2.75, 3.05) is 20.1 Å². The Morgan fingerprint density at radius 3 is 2.40 bits per heavy atom. The first-order valence-corrected chi connectivity index (χ1v) is 16.2. The lowest BCUT2D eigenvalue weighted by Crippen LogP contribution is -2.47. The average Bonchev–Trinajstić information content (AvgIpc) is 3.32. The molecule has 1 aliphatic rings. The van der Waals surface area contributed by atoms with Crippen molar-refractivity contribution in [1.29, 1.82) is 0 Å². The molecule has 4 rings (SSSR count). The quantitative estimate of drug-likeness (QED) is 0.226. The Balaban J connectivity index is 1.40. The highest BCUT2D eigenvalue weighted by Crippen LogP contribution is 2.35. The van der Waals surface area contributed by atoms with Crippen LogP contribution in [-0.4, -0.2) is 60.7 Å². The molecule has 3 aromatic carbocycles. The van der Waals surface area contributed by atoms with Crippen molar-refractivity contribution in [3.8, 4) is 11.1 Å². The largest absolute Gasteiger partial charge is 0.481 e. The van der Waals surface area contributed by atoms with Crippen LogP contribution in [-0.2, 0) is 34.1 Å². The van der Waals surface area contributed by atoms with Crippen LogP contribution in [0.5, 0.6) is 0 Å². The first-order valence-electron chi connectivity index (χ1n) is 14.4. The normalized spacial score (nSPS) is 14.7. The second kappa shape index (κ2) is 13.4. The second-order valence-corrected chi connectivity index (χ2v) is 14.7. The highest BCUT2D eigenvalue weighted by atomic mass is 35.5. The van der Waals surface area contributed by atoms with E-state index in [-0.39, 0.29) is 47.0 Å². The number of aliphatic hydroxyl groups excluding tert-OH is 1. The number of hydrogen-bond acceptors (Lipinski definition) is 5.